The predicted octanol–water partition coefficient (Wildman–Crippen LogP) is 4.29. The molecule has 1 aliphatic carbocycles. The first kappa shape index (κ1) is 15.5. The molecule has 0 bridgehead atoms. The van der Waals surface area contributed by atoms with Crippen LogP contribution >= 0.6 is 15.9 Å². The van der Waals surface area contributed by atoms with Crippen LogP contribution in [0.3, 0.4) is 0 Å². The van der Waals surface area contributed by atoms with Gasteiger partial charge in [-0.1, -0.05) is 28.4 Å². The van der Waals surface area contributed by atoms with Crippen LogP contribution in [0.15, 0.2) is 22.7 Å². The Morgan fingerprint density at radius 1 is 1.29 bits per heavy atom. The minimum atomic E-state index is 0.605. The van der Waals surface area contributed by atoms with Crippen molar-refractivity contribution in [2.24, 2.45) is 0 Å². The fourth-order valence-corrected chi connectivity index (χ4v) is 4.35. The van der Waals surface area contributed by atoms with Gasteiger partial charge in [-0.2, -0.15) is 0 Å². The lowest BCUT2D eigenvalue weighted by Gasteiger charge is -2.37. The molecule has 0 spiro atoms. The van der Waals surface area contributed by atoms with Crippen LogP contribution in [0.4, 0.5) is 0 Å². The fourth-order valence-electron chi connectivity index (χ4n) is 3.94. The largest absolute Gasteiger partial charge is 0.313 e. The highest BCUT2D eigenvalue weighted by molar-refractivity contribution is 9.10. The Balaban J connectivity index is 1.76. The minimum absolute atomic E-state index is 0.605. The van der Waals surface area contributed by atoms with E-state index in [2.05, 4.69) is 58.2 Å². The summed E-state index contributed by atoms with van der Waals surface area (Å²) in [5.41, 5.74) is 3.10. The number of aryl methyl sites for hydroxylation is 1. The quantitative estimate of drug-likeness (QED) is 0.871. The number of benzene rings is 1. The number of halogens is 1. The molecule has 1 aromatic rings. The summed E-state index contributed by atoms with van der Waals surface area (Å²) in [4.78, 5) is 2.72. The molecule has 1 aromatic carbocycles. The molecule has 0 aromatic heterocycles. The Kier molecular flexibility index (Phi) is 5.03. The van der Waals surface area contributed by atoms with Gasteiger partial charge in [-0.3, -0.25) is 4.90 Å². The Bertz CT molecular complexity index is 480. The third kappa shape index (κ3) is 3.52. The topological polar surface area (TPSA) is 15.3 Å². The van der Waals surface area contributed by atoms with E-state index in [1.807, 2.05) is 0 Å². The van der Waals surface area contributed by atoms with Crippen molar-refractivity contribution in [1.82, 2.24) is 10.2 Å². The van der Waals surface area contributed by atoms with Crippen LogP contribution in [0.25, 0.3) is 0 Å². The Morgan fingerprint density at radius 2 is 2.14 bits per heavy atom. The summed E-state index contributed by atoms with van der Waals surface area (Å²) < 4.78 is 1.21. The van der Waals surface area contributed by atoms with E-state index in [0.717, 1.165) is 0 Å². The maximum absolute atomic E-state index is 3.71. The number of fused-ring (bicyclic) bond motifs is 1. The molecule has 2 atom stereocenters. The Morgan fingerprint density at radius 3 is 2.86 bits per heavy atom. The third-order valence-corrected chi connectivity index (χ3v) is 5.55. The van der Waals surface area contributed by atoms with Crippen LogP contribution in [0.1, 0.15) is 56.7 Å². The molecule has 21 heavy (non-hydrogen) atoms. The van der Waals surface area contributed by atoms with E-state index in [-0.39, 0.29) is 0 Å². The smallest absolute Gasteiger partial charge is 0.0357 e. The molecule has 1 fully saturated rings. The van der Waals surface area contributed by atoms with Crippen LogP contribution < -0.4 is 5.32 Å². The maximum atomic E-state index is 3.71. The highest BCUT2D eigenvalue weighted by Crippen LogP contribution is 2.38. The van der Waals surface area contributed by atoms with E-state index >= 15 is 0 Å². The molecule has 116 valence electrons. The van der Waals surface area contributed by atoms with Gasteiger partial charge in [-0.15, -0.1) is 0 Å². The molecule has 0 amide bonds. The molecule has 3 rings (SSSR count). The average Bonchev–Trinajstić information content (AvgIpc) is 2.88. The maximum Gasteiger partial charge on any atom is 0.0357 e. The van der Waals surface area contributed by atoms with Gasteiger partial charge in [0.15, 0.2) is 0 Å². The molecule has 0 radical (unpaired) electrons. The number of piperidine rings is 1. The number of nitrogens with one attached hydrogen (secondary N) is 1. The lowest BCUT2D eigenvalue weighted by molar-refractivity contribution is 0.128. The van der Waals surface area contributed by atoms with Crippen molar-refractivity contribution < 1.29 is 0 Å². The van der Waals surface area contributed by atoms with Gasteiger partial charge in [-0.25, -0.2) is 0 Å². The normalized spacial score (nSPS) is 25.6. The number of rotatable bonds is 4. The fraction of sp³-hybridized carbons (Fsp3) is 0.667. The zero-order valence-electron chi connectivity index (χ0n) is 13.2. The molecule has 2 unspecified atom stereocenters. The van der Waals surface area contributed by atoms with Crippen molar-refractivity contribution in [3.63, 3.8) is 0 Å². The third-order valence-electron chi connectivity index (χ3n) is 5.06. The van der Waals surface area contributed by atoms with E-state index in [1.54, 1.807) is 5.56 Å². The van der Waals surface area contributed by atoms with Crippen LogP contribution in [-0.2, 0) is 6.42 Å². The highest BCUT2D eigenvalue weighted by Gasteiger charge is 2.31. The first-order valence-electron chi connectivity index (χ1n) is 8.42. The molecule has 0 saturated carbocycles. The minimum Gasteiger partial charge on any atom is -0.313 e. The van der Waals surface area contributed by atoms with Gasteiger partial charge >= 0.3 is 0 Å². The van der Waals surface area contributed by atoms with E-state index in [9.17, 15) is 0 Å². The number of hydrogen-bond acceptors (Lipinski definition) is 2. The molecule has 2 nitrogen and oxygen atoms in total. The van der Waals surface area contributed by atoms with E-state index in [1.165, 1.54) is 55.2 Å². The SMILES string of the molecule is CC(C)N(CC1CCCCN1)C1CCc2cc(Br)ccc21. The number of nitrogens with zero attached hydrogens (tertiary/aromatic N) is 1. The van der Waals surface area contributed by atoms with Crippen molar-refractivity contribution >= 4 is 15.9 Å². The Hall–Kier alpha value is -0.380. The van der Waals surface area contributed by atoms with Gasteiger partial charge in [0.25, 0.3) is 0 Å². The van der Waals surface area contributed by atoms with Crippen molar-refractivity contribution in [2.45, 2.75) is 64.1 Å². The summed E-state index contributed by atoms with van der Waals surface area (Å²) in [6, 6.07) is 8.74. The molecular formula is C18H27BrN2. The summed E-state index contributed by atoms with van der Waals surface area (Å²) in [5.74, 6) is 0. The molecule has 3 heteroatoms. The lowest BCUT2D eigenvalue weighted by atomic mass is 10.0. The van der Waals surface area contributed by atoms with Gasteiger partial charge in [0.05, 0.1) is 0 Å². The van der Waals surface area contributed by atoms with Gasteiger partial charge in [0.1, 0.15) is 0 Å². The van der Waals surface area contributed by atoms with Crippen LogP contribution in [0, 0.1) is 0 Å². The zero-order chi connectivity index (χ0) is 14.8. The van der Waals surface area contributed by atoms with Gasteiger partial charge in [-0.05, 0) is 69.3 Å². The predicted molar refractivity (Wildman–Crippen MR) is 92.7 cm³/mol. The standard InChI is InChI=1S/C18H27BrN2/c1-13(2)21(12-16-5-3-4-10-20-16)18-9-6-14-11-15(19)7-8-17(14)18/h7-8,11,13,16,18,20H,3-6,9-10,12H2,1-2H3. The van der Waals surface area contributed by atoms with Crippen LogP contribution in [-0.4, -0.2) is 30.1 Å². The molecular weight excluding hydrogens is 324 g/mol. The summed E-state index contributed by atoms with van der Waals surface area (Å²) in [6.45, 7) is 7.09. The highest BCUT2D eigenvalue weighted by atomic mass is 79.9. The second-order valence-corrected chi connectivity index (χ2v) is 7.75. The summed E-state index contributed by atoms with van der Waals surface area (Å²) in [5, 5.41) is 3.71. The van der Waals surface area contributed by atoms with Crippen molar-refractivity contribution in [1.29, 1.82) is 0 Å². The van der Waals surface area contributed by atoms with Gasteiger partial charge in [0, 0.05) is 29.1 Å². The first-order chi connectivity index (χ1) is 10.1. The van der Waals surface area contributed by atoms with Crippen LogP contribution in [0.5, 0.6) is 0 Å². The van der Waals surface area contributed by atoms with Crippen molar-refractivity contribution in [3.8, 4) is 0 Å². The first-order valence-corrected chi connectivity index (χ1v) is 9.22. The summed E-state index contributed by atoms with van der Waals surface area (Å²) in [7, 11) is 0. The summed E-state index contributed by atoms with van der Waals surface area (Å²) in [6.07, 6.45) is 6.57. The number of hydrogen-bond donors (Lipinski definition) is 1. The van der Waals surface area contributed by atoms with E-state index in [4.69, 9.17) is 0 Å². The molecule has 1 N–H and O–H groups in total. The van der Waals surface area contributed by atoms with E-state index < -0.39 is 0 Å². The van der Waals surface area contributed by atoms with Gasteiger partial charge < -0.3 is 5.32 Å². The zero-order valence-corrected chi connectivity index (χ0v) is 14.8. The van der Waals surface area contributed by atoms with Crippen LogP contribution in [0.2, 0.25) is 0 Å². The molecule has 1 heterocycles. The second kappa shape index (κ2) is 6.80. The van der Waals surface area contributed by atoms with Crippen molar-refractivity contribution in [3.05, 3.63) is 33.8 Å². The second-order valence-electron chi connectivity index (χ2n) is 6.83. The van der Waals surface area contributed by atoms with Gasteiger partial charge in [0.2, 0.25) is 0 Å². The van der Waals surface area contributed by atoms with E-state index in [0.29, 0.717) is 18.1 Å². The van der Waals surface area contributed by atoms with Crippen molar-refractivity contribution in [2.75, 3.05) is 13.1 Å². The average molecular weight is 351 g/mol. The molecule has 1 aliphatic heterocycles. The molecule has 1 saturated heterocycles. The monoisotopic (exact) mass is 350 g/mol. The molecule has 2 aliphatic rings. The lowest BCUT2D eigenvalue weighted by Crippen LogP contribution is -2.46. The summed E-state index contributed by atoms with van der Waals surface area (Å²) >= 11 is 3.61. The Labute approximate surface area is 137 Å².